The molecule has 2 aromatic rings. The first kappa shape index (κ1) is 11.5. The van der Waals surface area contributed by atoms with Gasteiger partial charge in [-0.25, -0.2) is 9.78 Å². The predicted octanol–water partition coefficient (Wildman–Crippen LogP) is 2.33. The van der Waals surface area contributed by atoms with E-state index in [-0.39, 0.29) is 5.69 Å². The fourth-order valence-corrected chi connectivity index (χ4v) is 3.10. The van der Waals surface area contributed by atoms with E-state index in [0.717, 1.165) is 11.5 Å². The van der Waals surface area contributed by atoms with Crippen LogP contribution in [0, 0.1) is 5.92 Å². The van der Waals surface area contributed by atoms with E-state index in [1.54, 1.807) is 10.6 Å². The maximum absolute atomic E-state index is 11.4. The van der Waals surface area contributed by atoms with Crippen LogP contribution in [0.3, 0.4) is 0 Å². The summed E-state index contributed by atoms with van der Waals surface area (Å²) in [5.74, 6) is 0.356. The van der Waals surface area contributed by atoms with Crippen LogP contribution in [0.15, 0.2) is 11.6 Å². The van der Waals surface area contributed by atoms with E-state index in [1.165, 1.54) is 30.6 Å². The van der Waals surface area contributed by atoms with Gasteiger partial charge < -0.3 is 10.0 Å². The van der Waals surface area contributed by atoms with Crippen molar-refractivity contribution in [2.75, 3.05) is 18.5 Å². The Morgan fingerprint density at radius 2 is 2.44 bits per heavy atom. The zero-order chi connectivity index (χ0) is 12.7. The highest BCUT2D eigenvalue weighted by Crippen LogP contribution is 2.30. The molecule has 1 fully saturated rings. The number of anilines is 1. The Balaban J connectivity index is 1.96. The van der Waals surface area contributed by atoms with Crippen LogP contribution in [0.25, 0.3) is 4.96 Å². The fraction of sp³-hybridized carbons (Fsp3) is 0.500. The van der Waals surface area contributed by atoms with E-state index in [9.17, 15) is 9.90 Å². The number of carbonyl (C=O) groups is 1. The van der Waals surface area contributed by atoms with Gasteiger partial charge in [0, 0.05) is 25.2 Å². The first-order chi connectivity index (χ1) is 8.66. The fourth-order valence-electron chi connectivity index (χ4n) is 2.39. The van der Waals surface area contributed by atoms with Gasteiger partial charge in [-0.1, -0.05) is 6.42 Å². The number of aromatic nitrogens is 2. The Hall–Kier alpha value is -1.56. The number of aromatic carboxylic acids is 1. The van der Waals surface area contributed by atoms with Crippen LogP contribution in [-0.4, -0.2) is 34.1 Å². The second-order valence-corrected chi connectivity index (χ2v) is 5.70. The molecule has 2 aromatic heterocycles. The molecule has 0 unspecified atom stereocenters. The van der Waals surface area contributed by atoms with Crippen molar-refractivity contribution in [2.24, 2.45) is 5.92 Å². The van der Waals surface area contributed by atoms with Gasteiger partial charge in [0.25, 0.3) is 0 Å². The summed E-state index contributed by atoms with van der Waals surface area (Å²) >= 11 is 1.46. The van der Waals surface area contributed by atoms with Crippen molar-refractivity contribution < 1.29 is 9.90 Å². The number of nitrogens with zero attached hydrogens (tertiary/aromatic N) is 3. The molecule has 6 heteroatoms. The molecule has 0 saturated heterocycles. The van der Waals surface area contributed by atoms with Crippen LogP contribution in [0.4, 0.5) is 5.82 Å². The lowest BCUT2D eigenvalue weighted by molar-refractivity contribution is 0.0690. The zero-order valence-electron chi connectivity index (χ0n) is 10.2. The van der Waals surface area contributed by atoms with Gasteiger partial charge in [0.2, 0.25) is 0 Å². The molecular weight excluding hydrogens is 250 g/mol. The number of carboxylic acids is 1. The van der Waals surface area contributed by atoms with Crippen LogP contribution in [-0.2, 0) is 0 Å². The Morgan fingerprint density at radius 1 is 1.67 bits per heavy atom. The molecule has 0 radical (unpaired) electrons. The van der Waals surface area contributed by atoms with Crippen LogP contribution >= 0.6 is 11.3 Å². The average Bonchev–Trinajstić information content (AvgIpc) is 2.81. The molecule has 0 amide bonds. The minimum absolute atomic E-state index is 0.271. The van der Waals surface area contributed by atoms with Gasteiger partial charge in [0.15, 0.2) is 16.5 Å². The zero-order valence-corrected chi connectivity index (χ0v) is 11.0. The first-order valence-electron chi connectivity index (χ1n) is 6.07. The number of thiazole rings is 1. The monoisotopic (exact) mass is 265 g/mol. The van der Waals surface area contributed by atoms with Gasteiger partial charge >= 0.3 is 5.97 Å². The molecule has 18 heavy (non-hydrogen) atoms. The molecule has 5 nitrogen and oxygen atoms in total. The Kier molecular flexibility index (Phi) is 2.74. The highest BCUT2D eigenvalue weighted by molar-refractivity contribution is 7.15. The molecule has 1 aliphatic rings. The molecule has 96 valence electrons. The van der Waals surface area contributed by atoms with E-state index in [2.05, 4.69) is 4.98 Å². The third-order valence-corrected chi connectivity index (χ3v) is 4.32. The van der Waals surface area contributed by atoms with Crippen LogP contribution in [0.1, 0.15) is 29.8 Å². The van der Waals surface area contributed by atoms with Gasteiger partial charge in [-0.15, -0.1) is 11.3 Å². The van der Waals surface area contributed by atoms with E-state index >= 15 is 0 Å². The minimum atomic E-state index is -0.920. The van der Waals surface area contributed by atoms with Crippen molar-refractivity contribution in [3.05, 3.63) is 17.3 Å². The lowest BCUT2D eigenvalue weighted by Gasteiger charge is -2.30. The predicted molar refractivity (Wildman–Crippen MR) is 70.6 cm³/mol. The normalized spacial score (nSPS) is 15.8. The molecule has 2 heterocycles. The largest absolute Gasteiger partial charge is 0.476 e. The number of imidazole rings is 1. The highest BCUT2D eigenvalue weighted by atomic mass is 32.1. The molecule has 0 spiro atoms. The minimum Gasteiger partial charge on any atom is -0.476 e. The molecule has 3 rings (SSSR count). The Morgan fingerprint density at radius 3 is 3.06 bits per heavy atom. The van der Waals surface area contributed by atoms with Crippen molar-refractivity contribution >= 4 is 28.1 Å². The molecule has 0 atom stereocenters. The van der Waals surface area contributed by atoms with E-state index in [0.29, 0.717) is 11.7 Å². The summed E-state index contributed by atoms with van der Waals surface area (Å²) in [6.07, 6.45) is 5.55. The SMILES string of the molecule is CN(CC1CCC1)c1nc2sccn2c1C(=O)O. The summed E-state index contributed by atoms with van der Waals surface area (Å²) in [4.78, 5) is 18.5. The van der Waals surface area contributed by atoms with Crippen molar-refractivity contribution in [3.8, 4) is 0 Å². The summed E-state index contributed by atoms with van der Waals surface area (Å²) in [5, 5.41) is 11.2. The number of hydrogen-bond acceptors (Lipinski definition) is 4. The van der Waals surface area contributed by atoms with Crippen molar-refractivity contribution in [1.29, 1.82) is 0 Å². The molecule has 0 bridgehead atoms. The molecular formula is C12H15N3O2S. The third-order valence-electron chi connectivity index (χ3n) is 3.56. The van der Waals surface area contributed by atoms with Crippen molar-refractivity contribution in [2.45, 2.75) is 19.3 Å². The Labute approximate surface area is 109 Å². The third kappa shape index (κ3) is 1.77. The molecule has 1 N–H and O–H groups in total. The Bertz CT molecular complexity index is 585. The second kappa shape index (κ2) is 4.28. The summed E-state index contributed by atoms with van der Waals surface area (Å²) in [6.45, 7) is 0.894. The maximum atomic E-state index is 11.4. The standard InChI is InChI=1S/C12H15N3O2S/c1-14(7-8-3-2-4-8)10-9(11(16)17)15-5-6-18-12(15)13-10/h5-6,8H,2-4,7H2,1H3,(H,16,17). The van der Waals surface area contributed by atoms with E-state index in [4.69, 9.17) is 0 Å². The summed E-state index contributed by atoms with van der Waals surface area (Å²) < 4.78 is 1.65. The van der Waals surface area contributed by atoms with E-state index in [1.807, 2.05) is 17.3 Å². The number of rotatable bonds is 4. The lowest BCUT2D eigenvalue weighted by atomic mass is 9.85. The summed E-state index contributed by atoms with van der Waals surface area (Å²) in [6, 6.07) is 0. The van der Waals surface area contributed by atoms with Gasteiger partial charge in [0.1, 0.15) is 0 Å². The molecule has 0 aromatic carbocycles. The quantitative estimate of drug-likeness (QED) is 0.921. The van der Waals surface area contributed by atoms with Gasteiger partial charge in [-0.3, -0.25) is 4.40 Å². The maximum Gasteiger partial charge on any atom is 0.356 e. The average molecular weight is 265 g/mol. The van der Waals surface area contributed by atoms with E-state index < -0.39 is 5.97 Å². The van der Waals surface area contributed by atoms with Crippen molar-refractivity contribution in [3.63, 3.8) is 0 Å². The smallest absolute Gasteiger partial charge is 0.356 e. The molecule has 0 aliphatic heterocycles. The first-order valence-corrected chi connectivity index (χ1v) is 6.94. The van der Waals surface area contributed by atoms with Gasteiger partial charge in [0.05, 0.1) is 0 Å². The summed E-state index contributed by atoms with van der Waals surface area (Å²) in [7, 11) is 1.93. The summed E-state index contributed by atoms with van der Waals surface area (Å²) in [5.41, 5.74) is 0.271. The topological polar surface area (TPSA) is 57.8 Å². The number of fused-ring (bicyclic) bond motifs is 1. The highest BCUT2D eigenvalue weighted by Gasteiger charge is 2.25. The van der Waals surface area contributed by atoms with Crippen LogP contribution in [0.2, 0.25) is 0 Å². The molecule has 1 aliphatic carbocycles. The number of carboxylic acid groups (broad SMARTS) is 1. The van der Waals surface area contributed by atoms with Crippen LogP contribution < -0.4 is 4.90 Å². The van der Waals surface area contributed by atoms with Gasteiger partial charge in [-0.05, 0) is 18.8 Å². The van der Waals surface area contributed by atoms with Crippen molar-refractivity contribution in [1.82, 2.24) is 9.38 Å². The lowest BCUT2D eigenvalue weighted by Crippen LogP contribution is -2.30. The second-order valence-electron chi connectivity index (χ2n) is 4.82. The van der Waals surface area contributed by atoms with Crippen LogP contribution in [0.5, 0.6) is 0 Å². The molecule has 1 saturated carbocycles. The van der Waals surface area contributed by atoms with Gasteiger partial charge in [-0.2, -0.15) is 0 Å². The number of hydrogen-bond donors (Lipinski definition) is 1.